The summed E-state index contributed by atoms with van der Waals surface area (Å²) in [6, 6.07) is 16.7. The maximum Gasteiger partial charge on any atom is 0.266 e. The van der Waals surface area contributed by atoms with Crippen molar-refractivity contribution in [2.45, 2.75) is 13.0 Å². The van der Waals surface area contributed by atoms with E-state index in [4.69, 9.17) is 9.47 Å². The Kier molecular flexibility index (Phi) is 5.25. The highest BCUT2D eigenvalue weighted by atomic mass is 32.1. The molecule has 0 bridgehead atoms. The molecule has 0 aliphatic carbocycles. The van der Waals surface area contributed by atoms with Gasteiger partial charge in [-0.1, -0.05) is 41.7 Å². The molecule has 1 unspecified atom stereocenters. The minimum Gasteiger partial charge on any atom is -0.497 e. The third-order valence-corrected chi connectivity index (χ3v) is 4.28. The van der Waals surface area contributed by atoms with Gasteiger partial charge in [0.05, 0.1) is 7.11 Å². The Labute approximate surface area is 149 Å². The lowest BCUT2D eigenvalue weighted by Crippen LogP contribution is -2.30. The van der Waals surface area contributed by atoms with Crippen molar-refractivity contribution in [3.63, 3.8) is 0 Å². The van der Waals surface area contributed by atoms with Crippen LogP contribution >= 0.6 is 11.3 Å². The molecule has 0 aliphatic heterocycles. The Morgan fingerprint density at radius 3 is 2.60 bits per heavy atom. The molecule has 6 nitrogen and oxygen atoms in total. The number of carbonyl (C=O) groups excluding carboxylic acids is 1. The van der Waals surface area contributed by atoms with E-state index >= 15 is 0 Å². The predicted molar refractivity (Wildman–Crippen MR) is 97.1 cm³/mol. The number of amides is 1. The molecule has 1 amide bonds. The maximum absolute atomic E-state index is 12.2. The number of nitrogens with one attached hydrogen (secondary N) is 1. The standard InChI is InChI=1S/C18H17N3O3S/c1-12(24-14-8-4-3-5-9-14)16(22)19-18-21-20-17(25-18)13-7-6-10-15(11-13)23-2/h3-12H,1-2H3,(H,19,21,22). The van der Waals surface area contributed by atoms with Crippen LogP contribution in [0.1, 0.15) is 6.92 Å². The summed E-state index contributed by atoms with van der Waals surface area (Å²) in [5, 5.41) is 12.0. The fourth-order valence-corrected chi connectivity index (χ4v) is 2.85. The van der Waals surface area contributed by atoms with Crippen molar-refractivity contribution in [1.82, 2.24) is 10.2 Å². The maximum atomic E-state index is 12.2. The number of nitrogens with zero attached hydrogens (tertiary/aromatic N) is 2. The first-order valence-corrected chi connectivity index (χ1v) is 8.48. The number of carbonyl (C=O) groups is 1. The van der Waals surface area contributed by atoms with Gasteiger partial charge in [-0.25, -0.2) is 0 Å². The first-order chi connectivity index (χ1) is 12.2. The minimum absolute atomic E-state index is 0.280. The molecular formula is C18H17N3O3S. The topological polar surface area (TPSA) is 73.3 Å². The molecule has 0 saturated heterocycles. The van der Waals surface area contributed by atoms with E-state index in [1.807, 2.05) is 42.5 Å². The number of hydrogen-bond donors (Lipinski definition) is 1. The zero-order valence-electron chi connectivity index (χ0n) is 13.8. The number of para-hydroxylation sites is 1. The number of hydrogen-bond acceptors (Lipinski definition) is 6. The minimum atomic E-state index is -0.647. The molecule has 0 fully saturated rings. The van der Waals surface area contributed by atoms with Crippen molar-refractivity contribution in [1.29, 1.82) is 0 Å². The number of anilines is 1. The molecule has 1 aromatic heterocycles. The van der Waals surface area contributed by atoms with Gasteiger partial charge in [0, 0.05) is 5.56 Å². The molecular weight excluding hydrogens is 338 g/mol. The number of ether oxygens (including phenoxy) is 2. The predicted octanol–water partition coefficient (Wildman–Crippen LogP) is 3.62. The average Bonchev–Trinajstić information content (AvgIpc) is 3.11. The summed E-state index contributed by atoms with van der Waals surface area (Å²) in [5.41, 5.74) is 0.880. The average molecular weight is 355 g/mol. The van der Waals surface area contributed by atoms with Crippen LogP contribution in [-0.2, 0) is 4.79 Å². The molecule has 7 heteroatoms. The van der Waals surface area contributed by atoms with Gasteiger partial charge in [0.25, 0.3) is 5.91 Å². The quantitative estimate of drug-likeness (QED) is 0.731. The smallest absolute Gasteiger partial charge is 0.266 e. The van der Waals surface area contributed by atoms with Gasteiger partial charge in [0.2, 0.25) is 5.13 Å². The van der Waals surface area contributed by atoms with Gasteiger partial charge in [0.1, 0.15) is 16.5 Å². The summed E-state index contributed by atoms with van der Waals surface area (Å²) in [6.07, 6.45) is -0.647. The first-order valence-electron chi connectivity index (χ1n) is 7.66. The monoisotopic (exact) mass is 355 g/mol. The highest BCUT2D eigenvalue weighted by Crippen LogP contribution is 2.28. The molecule has 3 rings (SSSR count). The molecule has 1 N–H and O–H groups in total. The van der Waals surface area contributed by atoms with E-state index in [0.29, 0.717) is 15.9 Å². The van der Waals surface area contributed by atoms with Crippen molar-refractivity contribution in [3.8, 4) is 22.1 Å². The molecule has 3 aromatic rings. The Morgan fingerprint density at radius 1 is 1.08 bits per heavy atom. The normalized spacial score (nSPS) is 11.6. The second-order valence-electron chi connectivity index (χ2n) is 5.21. The van der Waals surface area contributed by atoms with Crippen LogP contribution in [0.5, 0.6) is 11.5 Å². The zero-order chi connectivity index (χ0) is 17.6. The van der Waals surface area contributed by atoms with Crippen molar-refractivity contribution in [2.75, 3.05) is 12.4 Å². The van der Waals surface area contributed by atoms with E-state index in [1.165, 1.54) is 11.3 Å². The van der Waals surface area contributed by atoms with Crippen LogP contribution in [0.2, 0.25) is 0 Å². The van der Waals surface area contributed by atoms with Crippen LogP contribution < -0.4 is 14.8 Å². The Hall–Kier alpha value is -2.93. The van der Waals surface area contributed by atoms with Crippen LogP contribution in [0.25, 0.3) is 10.6 Å². The van der Waals surface area contributed by atoms with Gasteiger partial charge in [-0.2, -0.15) is 0 Å². The van der Waals surface area contributed by atoms with Gasteiger partial charge >= 0.3 is 0 Å². The lowest BCUT2D eigenvalue weighted by atomic mass is 10.2. The van der Waals surface area contributed by atoms with Crippen molar-refractivity contribution in [3.05, 3.63) is 54.6 Å². The van der Waals surface area contributed by atoms with Crippen molar-refractivity contribution >= 4 is 22.4 Å². The van der Waals surface area contributed by atoms with E-state index in [1.54, 1.807) is 26.2 Å². The van der Waals surface area contributed by atoms with E-state index in [-0.39, 0.29) is 5.91 Å². The highest BCUT2D eigenvalue weighted by Gasteiger charge is 2.17. The van der Waals surface area contributed by atoms with Crippen LogP contribution in [0, 0.1) is 0 Å². The van der Waals surface area contributed by atoms with Crippen molar-refractivity contribution in [2.24, 2.45) is 0 Å². The number of rotatable bonds is 6. The summed E-state index contributed by atoms with van der Waals surface area (Å²) in [7, 11) is 1.61. The largest absolute Gasteiger partial charge is 0.497 e. The van der Waals surface area contributed by atoms with Gasteiger partial charge in [0.15, 0.2) is 6.10 Å². The highest BCUT2D eigenvalue weighted by molar-refractivity contribution is 7.18. The molecule has 1 heterocycles. The van der Waals surface area contributed by atoms with E-state index < -0.39 is 6.10 Å². The third kappa shape index (κ3) is 4.33. The fraction of sp³-hybridized carbons (Fsp3) is 0.167. The lowest BCUT2D eigenvalue weighted by molar-refractivity contribution is -0.122. The molecule has 0 spiro atoms. The number of aromatic nitrogens is 2. The summed E-state index contributed by atoms with van der Waals surface area (Å²) in [4.78, 5) is 12.2. The van der Waals surface area contributed by atoms with Gasteiger partial charge in [-0.05, 0) is 31.2 Å². The van der Waals surface area contributed by atoms with Gasteiger partial charge in [-0.3, -0.25) is 10.1 Å². The van der Waals surface area contributed by atoms with Crippen LogP contribution in [0.3, 0.4) is 0 Å². The Morgan fingerprint density at radius 2 is 1.84 bits per heavy atom. The summed E-state index contributed by atoms with van der Waals surface area (Å²) in [5.74, 6) is 1.10. The number of methoxy groups -OCH3 is 1. The lowest BCUT2D eigenvalue weighted by Gasteiger charge is -2.13. The second kappa shape index (κ2) is 7.76. The van der Waals surface area contributed by atoms with E-state index in [0.717, 1.165) is 11.3 Å². The summed E-state index contributed by atoms with van der Waals surface area (Å²) >= 11 is 1.29. The summed E-state index contributed by atoms with van der Waals surface area (Å²) in [6.45, 7) is 1.69. The molecule has 0 aliphatic rings. The zero-order valence-corrected chi connectivity index (χ0v) is 14.6. The van der Waals surface area contributed by atoms with Crippen LogP contribution in [0.4, 0.5) is 5.13 Å². The van der Waals surface area contributed by atoms with Crippen LogP contribution in [0.15, 0.2) is 54.6 Å². The third-order valence-electron chi connectivity index (χ3n) is 3.40. The second-order valence-corrected chi connectivity index (χ2v) is 6.18. The molecule has 0 radical (unpaired) electrons. The van der Waals surface area contributed by atoms with E-state index in [9.17, 15) is 4.79 Å². The molecule has 2 aromatic carbocycles. The van der Waals surface area contributed by atoms with Crippen LogP contribution in [-0.4, -0.2) is 29.3 Å². The molecule has 0 saturated carbocycles. The molecule has 1 atom stereocenters. The SMILES string of the molecule is COc1cccc(-c2nnc(NC(=O)C(C)Oc3ccccc3)s2)c1. The van der Waals surface area contributed by atoms with E-state index in [2.05, 4.69) is 15.5 Å². The molecule has 25 heavy (non-hydrogen) atoms. The van der Waals surface area contributed by atoms with Crippen molar-refractivity contribution < 1.29 is 14.3 Å². The Balaban J connectivity index is 1.65. The fourth-order valence-electron chi connectivity index (χ4n) is 2.11. The van der Waals surface area contributed by atoms with Gasteiger partial charge < -0.3 is 9.47 Å². The molecule has 128 valence electrons. The Bertz CT molecular complexity index is 852. The number of benzene rings is 2. The summed E-state index contributed by atoms with van der Waals surface area (Å²) < 4.78 is 10.8. The first kappa shape index (κ1) is 16.9. The van der Waals surface area contributed by atoms with Gasteiger partial charge in [-0.15, -0.1) is 10.2 Å².